The SMILES string of the molecule is CCCCCCC(NC(=O)[C@@H]1[C@H]2CCC(O)[C@H]2CN1C(=O)[C@@H](NC(=O)[C@@H](O)C(C)C)C(C)C)C(=O)C(=O)NC1CC1. The van der Waals surface area contributed by atoms with Gasteiger partial charge in [0.05, 0.1) is 12.1 Å². The van der Waals surface area contributed by atoms with Gasteiger partial charge in [0.15, 0.2) is 0 Å². The van der Waals surface area contributed by atoms with Crippen LogP contribution in [0.15, 0.2) is 0 Å². The molecule has 3 aliphatic rings. The number of hydrogen-bond donors (Lipinski definition) is 5. The van der Waals surface area contributed by atoms with Crippen LogP contribution in [0.4, 0.5) is 0 Å². The van der Waals surface area contributed by atoms with Crippen molar-refractivity contribution in [3.63, 3.8) is 0 Å². The predicted octanol–water partition coefficient (Wildman–Crippen LogP) is 1.04. The quantitative estimate of drug-likeness (QED) is 0.143. The third-order valence-corrected chi connectivity index (χ3v) is 8.79. The molecule has 11 heteroatoms. The minimum Gasteiger partial charge on any atom is -0.393 e. The molecule has 7 atom stereocenters. The fourth-order valence-corrected chi connectivity index (χ4v) is 6.04. The molecule has 1 aliphatic heterocycles. The summed E-state index contributed by atoms with van der Waals surface area (Å²) in [6.07, 6.45) is 4.58. The number of nitrogens with one attached hydrogen (secondary N) is 3. The van der Waals surface area contributed by atoms with Gasteiger partial charge in [-0.25, -0.2) is 0 Å². The summed E-state index contributed by atoms with van der Waals surface area (Å²) in [7, 11) is 0. The third-order valence-electron chi connectivity index (χ3n) is 8.79. The van der Waals surface area contributed by atoms with Gasteiger partial charge in [0, 0.05) is 18.5 Å². The van der Waals surface area contributed by atoms with Gasteiger partial charge in [0.2, 0.25) is 23.5 Å². The highest BCUT2D eigenvalue weighted by molar-refractivity contribution is 6.38. The zero-order valence-electron chi connectivity index (χ0n) is 25.2. The first-order valence-electron chi connectivity index (χ1n) is 15.5. The van der Waals surface area contributed by atoms with Crippen molar-refractivity contribution in [2.24, 2.45) is 23.7 Å². The van der Waals surface area contributed by atoms with E-state index >= 15 is 0 Å². The second-order valence-corrected chi connectivity index (χ2v) is 12.8. The van der Waals surface area contributed by atoms with Crippen molar-refractivity contribution in [3.05, 3.63) is 0 Å². The van der Waals surface area contributed by atoms with Crippen LogP contribution < -0.4 is 16.0 Å². The highest BCUT2D eigenvalue weighted by atomic mass is 16.3. The molecule has 232 valence electrons. The molecule has 1 saturated heterocycles. The van der Waals surface area contributed by atoms with E-state index in [1.807, 2.05) is 0 Å². The number of carbonyl (C=O) groups is 5. The topological polar surface area (TPSA) is 165 Å². The molecule has 11 nitrogen and oxygen atoms in total. The summed E-state index contributed by atoms with van der Waals surface area (Å²) in [5.74, 6) is -4.34. The van der Waals surface area contributed by atoms with Gasteiger partial charge in [-0.1, -0.05) is 60.3 Å². The van der Waals surface area contributed by atoms with Crippen molar-refractivity contribution < 1.29 is 34.2 Å². The van der Waals surface area contributed by atoms with E-state index < -0.39 is 59.7 Å². The number of rotatable bonds is 15. The summed E-state index contributed by atoms with van der Waals surface area (Å²) in [6, 6.07) is -2.94. The lowest BCUT2D eigenvalue weighted by molar-refractivity contribution is -0.146. The average molecular weight is 579 g/mol. The molecule has 4 amide bonds. The molecule has 0 bridgehead atoms. The van der Waals surface area contributed by atoms with Gasteiger partial charge in [-0.15, -0.1) is 0 Å². The second-order valence-electron chi connectivity index (χ2n) is 12.8. The molecule has 1 heterocycles. The third kappa shape index (κ3) is 8.28. The lowest BCUT2D eigenvalue weighted by Crippen LogP contribution is -2.59. The summed E-state index contributed by atoms with van der Waals surface area (Å²) in [5, 5.41) is 29.1. The molecule has 41 heavy (non-hydrogen) atoms. The maximum Gasteiger partial charge on any atom is 0.289 e. The van der Waals surface area contributed by atoms with E-state index in [4.69, 9.17) is 0 Å². The summed E-state index contributed by atoms with van der Waals surface area (Å²) < 4.78 is 0. The number of nitrogens with zero attached hydrogens (tertiary/aromatic N) is 1. The van der Waals surface area contributed by atoms with E-state index in [1.54, 1.807) is 27.7 Å². The van der Waals surface area contributed by atoms with Crippen molar-refractivity contribution in [3.8, 4) is 0 Å². The number of aliphatic hydroxyl groups is 2. The normalized spacial score (nSPS) is 25.9. The standard InChI is InChI=1S/C30H50N4O7/c1-6-7-8-9-10-21(26(37)29(40)31-18-11-12-18)32-27(38)24-19-13-14-22(35)20(19)15-34(24)30(41)23(16(2)3)33-28(39)25(36)17(4)5/h16-25,35-36H,6-15H2,1-5H3,(H,31,40)(H,32,38)(H,33,39)/t19-,20-,21?,22?,23-,24-,25-/m0/s1. The van der Waals surface area contributed by atoms with E-state index in [1.165, 1.54) is 4.90 Å². The average Bonchev–Trinajstić information content (AvgIpc) is 3.55. The fourth-order valence-electron chi connectivity index (χ4n) is 6.04. The summed E-state index contributed by atoms with van der Waals surface area (Å²) >= 11 is 0. The van der Waals surface area contributed by atoms with Gasteiger partial charge in [-0.05, 0) is 49.9 Å². The maximum absolute atomic E-state index is 13.9. The molecule has 0 aromatic rings. The smallest absolute Gasteiger partial charge is 0.289 e. The molecule has 0 aromatic carbocycles. The van der Waals surface area contributed by atoms with Crippen LogP contribution in [0.5, 0.6) is 0 Å². The molecule has 2 saturated carbocycles. The maximum atomic E-state index is 13.9. The van der Waals surface area contributed by atoms with Gasteiger partial charge in [-0.2, -0.15) is 0 Å². The van der Waals surface area contributed by atoms with E-state index in [0.29, 0.717) is 25.7 Å². The number of fused-ring (bicyclic) bond motifs is 1. The Balaban J connectivity index is 1.82. The van der Waals surface area contributed by atoms with Crippen LogP contribution in [0.3, 0.4) is 0 Å². The molecule has 2 aliphatic carbocycles. The zero-order chi connectivity index (χ0) is 30.4. The van der Waals surface area contributed by atoms with Crippen LogP contribution in [-0.4, -0.2) is 87.4 Å². The molecule has 0 radical (unpaired) electrons. The second kappa shape index (κ2) is 14.6. The number of aliphatic hydroxyl groups excluding tert-OH is 2. The van der Waals surface area contributed by atoms with Crippen molar-refractivity contribution >= 4 is 29.4 Å². The molecule has 3 fully saturated rings. The Labute approximate surface area is 243 Å². The number of likely N-dealkylation sites (tertiary alicyclic amines) is 1. The lowest BCUT2D eigenvalue weighted by Gasteiger charge is -2.33. The predicted molar refractivity (Wildman–Crippen MR) is 152 cm³/mol. The van der Waals surface area contributed by atoms with E-state index in [9.17, 15) is 34.2 Å². The van der Waals surface area contributed by atoms with E-state index in [0.717, 1.165) is 32.1 Å². The Morgan fingerprint density at radius 3 is 2.15 bits per heavy atom. The minimum absolute atomic E-state index is 0.00367. The van der Waals surface area contributed by atoms with Crippen LogP contribution in [0.25, 0.3) is 0 Å². The van der Waals surface area contributed by atoms with Gasteiger partial charge < -0.3 is 31.1 Å². The Bertz CT molecular complexity index is 966. The van der Waals surface area contributed by atoms with Crippen molar-refractivity contribution in [2.75, 3.05) is 6.54 Å². The van der Waals surface area contributed by atoms with Crippen LogP contribution in [0.1, 0.15) is 92.4 Å². The van der Waals surface area contributed by atoms with Gasteiger partial charge in [-0.3, -0.25) is 24.0 Å². The van der Waals surface area contributed by atoms with Crippen LogP contribution in [-0.2, 0) is 24.0 Å². The van der Waals surface area contributed by atoms with E-state index in [2.05, 4.69) is 22.9 Å². The summed E-state index contributed by atoms with van der Waals surface area (Å²) in [4.78, 5) is 67.6. The monoisotopic (exact) mass is 578 g/mol. The molecular weight excluding hydrogens is 528 g/mol. The van der Waals surface area contributed by atoms with Gasteiger partial charge in [0.25, 0.3) is 5.91 Å². The van der Waals surface area contributed by atoms with Crippen LogP contribution in [0, 0.1) is 23.7 Å². The number of amides is 4. The highest BCUT2D eigenvalue weighted by Crippen LogP contribution is 2.43. The van der Waals surface area contributed by atoms with Gasteiger partial charge >= 0.3 is 0 Å². The minimum atomic E-state index is -1.29. The first-order valence-corrected chi connectivity index (χ1v) is 15.5. The molecule has 0 spiro atoms. The highest BCUT2D eigenvalue weighted by Gasteiger charge is 2.54. The number of hydrogen-bond acceptors (Lipinski definition) is 7. The largest absolute Gasteiger partial charge is 0.393 e. The molecule has 0 aromatic heterocycles. The Morgan fingerprint density at radius 2 is 1.56 bits per heavy atom. The zero-order valence-corrected chi connectivity index (χ0v) is 25.2. The van der Waals surface area contributed by atoms with Crippen LogP contribution >= 0.6 is 0 Å². The van der Waals surface area contributed by atoms with Gasteiger partial charge in [0.1, 0.15) is 18.2 Å². The molecule has 3 rings (SSSR count). The fraction of sp³-hybridized carbons (Fsp3) is 0.833. The van der Waals surface area contributed by atoms with E-state index in [-0.39, 0.29) is 36.3 Å². The number of carbonyl (C=O) groups excluding carboxylic acids is 5. The Morgan fingerprint density at radius 1 is 0.878 bits per heavy atom. The number of ketones is 1. The molecule has 5 N–H and O–H groups in total. The van der Waals surface area contributed by atoms with Crippen molar-refractivity contribution in [1.29, 1.82) is 0 Å². The van der Waals surface area contributed by atoms with Crippen LogP contribution in [0.2, 0.25) is 0 Å². The first-order chi connectivity index (χ1) is 19.4. The summed E-state index contributed by atoms with van der Waals surface area (Å²) in [5.41, 5.74) is 0. The number of unbranched alkanes of at least 4 members (excludes halogenated alkanes) is 3. The summed E-state index contributed by atoms with van der Waals surface area (Å²) in [6.45, 7) is 9.16. The van der Waals surface area contributed by atoms with Crippen molar-refractivity contribution in [2.45, 2.75) is 129 Å². The molecule has 2 unspecified atom stereocenters. The Kier molecular flexibility index (Phi) is 11.7. The lowest BCUT2D eigenvalue weighted by atomic mass is 9.92. The number of Topliss-reactive ketones (excluding diaryl/α,β-unsaturated/α-hetero) is 1. The first kappa shape index (κ1) is 33.0. The Hall–Kier alpha value is -2.53. The molecular formula is C30H50N4O7. The van der Waals surface area contributed by atoms with Crippen molar-refractivity contribution in [1.82, 2.24) is 20.9 Å².